The van der Waals surface area contributed by atoms with Crippen molar-refractivity contribution in [3.05, 3.63) is 35.2 Å². The van der Waals surface area contributed by atoms with Crippen LogP contribution in [0.25, 0.3) is 6.08 Å². The van der Waals surface area contributed by atoms with Gasteiger partial charge >= 0.3 is 5.92 Å². The minimum absolute atomic E-state index is 0.102. The molecule has 78 valence electrons. The summed E-state index contributed by atoms with van der Waals surface area (Å²) in [6.07, 6.45) is 1.79. The van der Waals surface area contributed by atoms with Crippen LogP contribution in [0, 0.1) is 5.82 Å². The molecule has 0 amide bonds. The number of alkyl halides is 2. The van der Waals surface area contributed by atoms with Gasteiger partial charge in [0.25, 0.3) is 0 Å². The topological polar surface area (TPSA) is 37.3 Å². The van der Waals surface area contributed by atoms with Crippen molar-refractivity contribution in [2.45, 2.75) is 5.92 Å². The van der Waals surface area contributed by atoms with Gasteiger partial charge in [-0.3, -0.25) is 4.79 Å². The monoisotopic (exact) mass is 214 g/mol. The van der Waals surface area contributed by atoms with Crippen molar-refractivity contribution in [2.75, 3.05) is 0 Å². The SMILES string of the molecule is O=C1C=Cc2ccc(O)c(F)c2C1(F)F. The maximum Gasteiger partial charge on any atom is 0.337 e. The van der Waals surface area contributed by atoms with Crippen molar-refractivity contribution in [1.82, 2.24) is 0 Å². The fourth-order valence-electron chi connectivity index (χ4n) is 1.43. The number of halogens is 3. The van der Waals surface area contributed by atoms with E-state index in [9.17, 15) is 18.0 Å². The summed E-state index contributed by atoms with van der Waals surface area (Å²) >= 11 is 0. The van der Waals surface area contributed by atoms with Crippen LogP contribution in [-0.4, -0.2) is 10.9 Å². The lowest BCUT2D eigenvalue weighted by Crippen LogP contribution is -2.28. The summed E-state index contributed by atoms with van der Waals surface area (Å²) in [4.78, 5) is 10.9. The van der Waals surface area contributed by atoms with E-state index >= 15 is 0 Å². The van der Waals surface area contributed by atoms with Gasteiger partial charge in [0, 0.05) is 0 Å². The average molecular weight is 214 g/mol. The highest BCUT2D eigenvalue weighted by Gasteiger charge is 2.45. The van der Waals surface area contributed by atoms with Gasteiger partial charge < -0.3 is 5.11 Å². The number of rotatable bonds is 0. The van der Waals surface area contributed by atoms with Crippen LogP contribution in [0.1, 0.15) is 11.1 Å². The Hall–Kier alpha value is -1.78. The Morgan fingerprint density at radius 2 is 1.87 bits per heavy atom. The van der Waals surface area contributed by atoms with Crippen LogP contribution in [-0.2, 0) is 10.7 Å². The van der Waals surface area contributed by atoms with Crippen molar-refractivity contribution in [2.24, 2.45) is 0 Å². The summed E-state index contributed by atoms with van der Waals surface area (Å²) < 4.78 is 39.8. The van der Waals surface area contributed by atoms with Crippen LogP contribution in [0.5, 0.6) is 5.75 Å². The third-order valence-corrected chi connectivity index (χ3v) is 2.19. The number of carbonyl (C=O) groups is 1. The summed E-state index contributed by atoms with van der Waals surface area (Å²) in [6, 6.07) is 2.09. The number of fused-ring (bicyclic) bond motifs is 1. The fourth-order valence-corrected chi connectivity index (χ4v) is 1.43. The normalized spacial score (nSPS) is 17.7. The second kappa shape index (κ2) is 2.85. The molecule has 0 saturated carbocycles. The molecule has 0 radical (unpaired) electrons. The first-order chi connectivity index (χ1) is 6.94. The molecule has 1 aliphatic carbocycles. The molecule has 0 fully saturated rings. The first-order valence-electron chi connectivity index (χ1n) is 4.07. The summed E-state index contributed by atoms with van der Waals surface area (Å²) in [6.45, 7) is 0. The number of allylic oxidation sites excluding steroid dienone is 1. The van der Waals surface area contributed by atoms with Crippen LogP contribution in [0.15, 0.2) is 18.2 Å². The Morgan fingerprint density at radius 3 is 2.53 bits per heavy atom. The number of aromatic hydroxyl groups is 1. The summed E-state index contributed by atoms with van der Waals surface area (Å²) in [5, 5.41) is 8.95. The Bertz CT molecular complexity index is 478. The Morgan fingerprint density at radius 1 is 1.20 bits per heavy atom. The number of hydrogen-bond acceptors (Lipinski definition) is 2. The molecule has 0 spiro atoms. The first kappa shape index (κ1) is 9.76. The molecule has 0 aromatic heterocycles. The molecule has 1 N–H and O–H groups in total. The van der Waals surface area contributed by atoms with Crippen molar-refractivity contribution < 1.29 is 23.1 Å². The van der Waals surface area contributed by atoms with Crippen molar-refractivity contribution in [3.8, 4) is 5.75 Å². The molecule has 1 aliphatic rings. The molecule has 1 aromatic carbocycles. The molecular weight excluding hydrogens is 209 g/mol. The number of ketones is 1. The molecule has 2 rings (SSSR count). The molecule has 0 heterocycles. The molecule has 0 atom stereocenters. The van der Waals surface area contributed by atoms with E-state index in [1.807, 2.05) is 0 Å². The molecule has 1 aromatic rings. The fraction of sp³-hybridized carbons (Fsp3) is 0.100. The lowest BCUT2D eigenvalue weighted by atomic mass is 9.92. The smallest absolute Gasteiger partial charge is 0.337 e. The Labute approximate surface area is 82.6 Å². The standard InChI is InChI=1S/C10H5F3O2/c11-9-6(14)3-1-5-2-4-7(15)10(12,13)8(5)9/h1-4,14H. The largest absolute Gasteiger partial charge is 0.505 e. The van der Waals surface area contributed by atoms with E-state index in [0.29, 0.717) is 6.08 Å². The highest BCUT2D eigenvalue weighted by atomic mass is 19.3. The molecule has 15 heavy (non-hydrogen) atoms. The van der Waals surface area contributed by atoms with Crippen molar-refractivity contribution in [1.29, 1.82) is 0 Å². The minimum Gasteiger partial charge on any atom is -0.505 e. The van der Waals surface area contributed by atoms with Crippen molar-refractivity contribution in [3.63, 3.8) is 0 Å². The highest BCUT2D eigenvalue weighted by molar-refractivity contribution is 6.02. The summed E-state index contributed by atoms with van der Waals surface area (Å²) in [5.74, 6) is -7.74. The van der Waals surface area contributed by atoms with Crippen LogP contribution >= 0.6 is 0 Å². The molecule has 0 unspecified atom stereocenters. The molecule has 5 heteroatoms. The van der Waals surface area contributed by atoms with E-state index in [1.54, 1.807) is 0 Å². The number of carbonyl (C=O) groups excluding carboxylic acids is 1. The van der Waals surface area contributed by atoms with Crippen LogP contribution in [0.3, 0.4) is 0 Å². The summed E-state index contributed by atoms with van der Waals surface area (Å²) in [5.41, 5.74) is -1.16. The van der Waals surface area contributed by atoms with E-state index in [1.165, 1.54) is 0 Å². The second-order valence-electron chi connectivity index (χ2n) is 3.13. The van der Waals surface area contributed by atoms with Crippen LogP contribution < -0.4 is 0 Å². The molecule has 0 bridgehead atoms. The maximum atomic E-state index is 13.3. The molecular formula is C10H5F3O2. The highest BCUT2D eigenvalue weighted by Crippen LogP contribution is 2.40. The van der Waals surface area contributed by atoms with E-state index in [0.717, 1.165) is 18.2 Å². The lowest BCUT2D eigenvalue weighted by molar-refractivity contribution is -0.139. The zero-order valence-corrected chi connectivity index (χ0v) is 7.30. The minimum atomic E-state index is -3.91. The number of phenols is 1. The zero-order valence-electron chi connectivity index (χ0n) is 7.30. The first-order valence-corrected chi connectivity index (χ1v) is 4.07. The van der Waals surface area contributed by atoms with Gasteiger partial charge in [-0.15, -0.1) is 0 Å². The Kier molecular flexibility index (Phi) is 1.86. The number of hydrogen-bond donors (Lipinski definition) is 1. The Balaban J connectivity index is 2.79. The quantitative estimate of drug-likeness (QED) is 0.718. The molecule has 0 saturated heterocycles. The van der Waals surface area contributed by atoms with Gasteiger partial charge in [-0.2, -0.15) is 8.78 Å². The van der Waals surface area contributed by atoms with Gasteiger partial charge in [0.05, 0.1) is 5.56 Å². The third kappa shape index (κ3) is 1.23. The van der Waals surface area contributed by atoms with Crippen LogP contribution in [0.2, 0.25) is 0 Å². The van der Waals surface area contributed by atoms with E-state index in [4.69, 9.17) is 5.11 Å². The van der Waals surface area contributed by atoms with Gasteiger partial charge in [-0.05, 0) is 17.7 Å². The van der Waals surface area contributed by atoms with Gasteiger partial charge in [-0.1, -0.05) is 12.1 Å². The third-order valence-electron chi connectivity index (χ3n) is 2.19. The van der Waals surface area contributed by atoms with Crippen LogP contribution in [0.4, 0.5) is 13.2 Å². The van der Waals surface area contributed by atoms with E-state index < -0.39 is 28.8 Å². The number of benzene rings is 1. The lowest BCUT2D eigenvalue weighted by Gasteiger charge is -2.20. The van der Waals surface area contributed by atoms with Crippen molar-refractivity contribution >= 4 is 11.9 Å². The van der Waals surface area contributed by atoms with E-state index in [-0.39, 0.29) is 5.56 Å². The van der Waals surface area contributed by atoms with E-state index in [2.05, 4.69) is 0 Å². The molecule has 0 aliphatic heterocycles. The zero-order chi connectivity index (χ0) is 11.2. The second-order valence-corrected chi connectivity index (χ2v) is 3.13. The number of phenolic OH excluding ortho intramolecular Hbond substituents is 1. The molecule has 2 nitrogen and oxygen atoms in total. The summed E-state index contributed by atoms with van der Waals surface area (Å²) in [7, 11) is 0. The maximum absolute atomic E-state index is 13.3. The predicted octanol–water partition coefficient (Wildman–Crippen LogP) is 2.22. The van der Waals surface area contributed by atoms with Gasteiger partial charge in [-0.25, -0.2) is 4.39 Å². The predicted molar refractivity (Wildman–Crippen MR) is 46.0 cm³/mol. The van der Waals surface area contributed by atoms with Gasteiger partial charge in [0.1, 0.15) is 0 Å². The van der Waals surface area contributed by atoms with Gasteiger partial charge in [0.15, 0.2) is 11.6 Å². The average Bonchev–Trinajstić information content (AvgIpc) is 2.17. The van der Waals surface area contributed by atoms with Gasteiger partial charge in [0.2, 0.25) is 5.78 Å².